The first-order valence-electron chi connectivity index (χ1n) is 18.8. The van der Waals surface area contributed by atoms with Gasteiger partial charge in [-0.05, 0) is 26.0 Å². The number of ether oxygens (including phenoxy) is 1. The number of carbonyl (C=O) groups is 4. The predicted molar refractivity (Wildman–Crippen MR) is 219 cm³/mol. The van der Waals surface area contributed by atoms with E-state index in [0.717, 1.165) is 18.2 Å². The summed E-state index contributed by atoms with van der Waals surface area (Å²) in [5, 5.41) is 36.6. The Kier molecular flexibility index (Phi) is 12.8. The van der Waals surface area contributed by atoms with E-state index >= 15 is 0 Å². The highest BCUT2D eigenvalue weighted by atomic mass is 19.1. The number of rotatable bonds is 7. The lowest BCUT2D eigenvalue weighted by molar-refractivity contribution is 0.0604. The number of amides is 4. The highest BCUT2D eigenvalue weighted by Crippen LogP contribution is 2.47. The minimum Gasteiger partial charge on any atom is -0.503 e. The lowest BCUT2D eigenvalue weighted by Crippen LogP contribution is -2.51. The van der Waals surface area contributed by atoms with Crippen LogP contribution in [0, 0.1) is 23.3 Å². The van der Waals surface area contributed by atoms with Gasteiger partial charge in [0.1, 0.15) is 34.4 Å². The van der Waals surface area contributed by atoms with Crippen molar-refractivity contribution in [1.82, 2.24) is 29.6 Å². The summed E-state index contributed by atoms with van der Waals surface area (Å²) >= 11 is 0. The Hall–Kier alpha value is -6.54. The topological polar surface area (TPSA) is 213 Å². The number of aromatic hydroxyl groups is 1. The molecular weight excluding hydrogens is 836 g/mol. The van der Waals surface area contributed by atoms with Crippen LogP contribution in [-0.2, 0) is 24.2 Å². The number of hydrogen-bond acceptors (Lipinski definition) is 10. The quantitative estimate of drug-likeness (QED) is 0.170. The molecule has 0 fully saturated rings. The second-order valence-corrected chi connectivity index (χ2v) is 16.0. The monoisotopic (exact) mass is 884 g/mol. The van der Waals surface area contributed by atoms with Crippen molar-refractivity contribution in [3.8, 4) is 11.5 Å². The molecule has 6 heterocycles. The number of pyridine rings is 2. The molecule has 4 aliphatic heterocycles. The zero-order valence-electron chi connectivity index (χ0n) is 33.4. The Labute approximate surface area is 358 Å². The molecule has 4 aromatic rings. The van der Waals surface area contributed by atoms with E-state index in [4.69, 9.17) is 4.74 Å². The minimum absolute atomic E-state index is 0. The first-order valence-corrected chi connectivity index (χ1v) is 18.8. The van der Waals surface area contributed by atoms with Crippen molar-refractivity contribution in [2.24, 2.45) is 0 Å². The van der Waals surface area contributed by atoms with Gasteiger partial charge in [0, 0.05) is 76.4 Å². The molecule has 5 N–H and O–H groups in total. The lowest BCUT2D eigenvalue weighted by atomic mass is 9.95. The van der Waals surface area contributed by atoms with Gasteiger partial charge in [-0.15, -0.1) is 0 Å². The molecule has 20 heteroatoms. The molecule has 2 aromatic carbocycles. The van der Waals surface area contributed by atoms with Crippen LogP contribution in [0.25, 0.3) is 0 Å². The summed E-state index contributed by atoms with van der Waals surface area (Å²) in [5.74, 6) is -7.27. The van der Waals surface area contributed by atoms with E-state index in [-0.39, 0.29) is 99.1 Å². The molecule has 0 saturated carbocycles. The third-order valence-electron chi connectivity index (χ3n) is 11.6. The van der Waals surface area contributed by atoms with Crippen molar-refractivity contribution < 1.29 is 56.8 Å². The summed E-state index contributed by atoms with van der Waals surface area (Å²) in [4.78, 5) is 79.9. The maximum absolute atomic E-state index is 13.9. The Balaban J connectivity index is 0.000000230. The number of nitrogens with one attached hydrogen (secondary N) is 2. The first-order chi connectivity index (χ1) is 28.6. The van der Waals surface area contributed by atoms with Crippen LogP contribution < -0.4 is 26.2 Å². The molecule has 0 bridgehead atoms. The smallest absolute Gasteiger partial charge is 0.274 e. The summed E-state index contributed by atoms with van der Waals surface area (Å²) in [5.41, 5.74) is -4.68. The van der Waals surface area contributed by atoms with Crippen molar-refractivity contribution in [1.29, 1.82) is 0 Å². The van der Waals surface area contributed by atoms with Crippen molar-refractivity contribution in [3.05, 3.63) is 125 Å². The van der Waals surface area contributed by atoms with Crippen LogP contribution in [0.1, 0.15) is 118 Å². The normalized spacial score (nSPS) is 21.3. The Morgan fingerprint density at radius 2 is 1.11 bits per heavy atom. The third kappa shape index (κ3) is 7.70. The fraction of sp³-hybridized carbons (Fsp3) is 0.395. The van der Waals surface area contributed by atoms with Gasteiger partial charge in [-0.2, -0.15) is 0 Å². The maximum atomic E-state index is 13.9. The van der Waals surface area contributed by atoms with Crippen LogP contribution in [0.4, 0.5) is 17.6 Å². The number of hydrogen-bond donors (Lipinski definition) is 5. The molecule has 0 radical (unpaired) electrons. The van der Waals surface area contributed by atoms with Crippen molar-refractivity contribution in [3.63, 3.8) is 0 Å². The number of aromatic nitrogens is 2. The minimum atomic E-state index is -1.22. The molecule has 0 saturated heterocycles. The molecule has 0 spiro atoms. The number of benzene rings is 2. The molecule has 338 valence electrons. The second-order valence-electron chi connectivity index (χ2n) is 16.0. The van der Waals surface area contributed by atoms with Crippen molar-refractivity contribution in [2.45, 2.75) is 77.9 Å². The summed E-state index contributed by atoms with van der Waals surface area (Å²) in [6.45, 7) is 3.41. The number of aliphatic hydroxyl groups excluding tert-OH is 2. The van der Waals surface area contributed by atoms with Gasteiger partial charge in [-0.1, -0.05) is 27.0 Å². The number of halogens is 4. The van der Waals surface area contributed by atoms with Gasteiger partial charge in [0.25, 0.3) is 23.6 Å². The summed E-state index contributed by atoms with van der Waals surface area (Å²) in [6.07, 6.45) is -2.06. The van der Waals surface area contributed by atoms with E-state index < -0.39 is 92.4 Å². The van der Waals surface area contributed by atoms with Crippen LogP contribution in [0.15, 0.2) is 46.0 Å². The summed E-state index contributed by atoms with van der Waals surface area (Å²) < 4.78 is 62.0. The standard InChI is InChI=1S/C21H21F2N3O5.C20H19F2N3O5.2CH4/c1-21-7-13(27)15-14(19(29)24-8-10-4-5-11(22)6-12(10)23)17(28)18(31-3)16(26(15)21)20(30)25(2)9-21;1-20-6-12(26)14-13(18(29)23-7-9-3-4-10(21)5-11(9)22)16(27)17(28)15(25(14)20)19(30)24(2)8-20;;/h4-6,13,27H,7-9H2,1-3H3,(H,24,29);3-5,12,26,28H,6-8H2,1-2H3,(H,23,29);2*1H4. The lowest BCUT2D eigenvalue weighted by Gasteiger charge is -2.39. The summed E-state index contributed by atoms with van der Waals surface area (Å²) in [7, 11) is 4.33. The van der Waals surface area contributed by atoms with Crippen LogP contribution in [0.5, 0.6) is 11.5 Å². The highest BCUT2D eigenvalue weighted by Gasteiger charge is 2.52. The van der Waals surface area contributed by atoms with E-state index in [1.54, 1.807) is 14.0 Å². The van der Waals surface area contributed by atoms with Crippen LogP contribution in [-0.4, -0.2) is 92.2 Å². The Morgan fingerprint density at radius 3 is 1.52 bits per heavy atom. The van der Waals surface area contributed by atoms with Gasteiger partial charge in [0.05, 0.1) is 41.8 Å². The van der Waals surface area contributed by atoms with Gasteiger partial charge in [-0.3, -0.25) is 28.8 Å². The molecule has 16 nitrogen and oxygen atoms in total. The Morgan fingerprint density at radius 1 is 0.714 bits per heavy atom. The van der Waals surface area contributed by atoms with Gasteiger partial charge < -0.3 is 49.6 Å². The Bertz CT molecular complexity index is 2710. The predicted octanol–water partition coefficient (Wildman–Crippen LogP) is 3.58. The largest absolute Gasteiger partial charge is 0.503 e. The fourth-order valence-corrected chi connectivity index (χ4v) is 8.99. The van der Waals surface area contributed by atoms with Crippen molar-refractivity contribution in [2.75, 3.05) is 34.3 Å². The van der Waals surface area contributed by atoms with Crippen LogP contribution >= 0.6 is 0 Å². The number of aliphatic hydroxyl groups is 2. The summed E-state index contributed by atoms with van der Waals surface area (Å²) in [6, 6.07) is 5.78. The molecule has 8 rings (SSSR count). The fourth-order valence-electron chi connectivity index (χ4n) is 8.99. The molecule has 0 aliphatic carbocycles. The number of likely N-dealkylation sites (N-methyl/N-ethyl adjacent to an activating group) is 2. The van der Waals surface area contributed by atoms with Gasteiger partial charge in [0.15, 0.2) is 22.9 Å². The molecular formula is C43H48F4N6O10. The zero-order chi connectivity index (χ0) is 44.6. The van der Waals surface area contributed by atoms with Gasteiger partial charge in [-0.25, -0.2) is 17.6 Å². The molecule has 2 aromatic heterocycles. The SMILES string of the molecule is C.C.CN1CC2(C)CC(O)c3c(C(=O)NCc4ccc(F)cc4F)c(=O)c(O)c(n32)C1=O.COc1c2n3c(c(C(=O)NCc4ccc(F)cc4F)c1=O)C(O)CC3(C)CN(C)C2=O. The molecule has 63 heavy (non-hydrogen) atoms. The zero-order valence-corrected chi connectivity index (χ0v) is 33.4. The van der Waals surface area contributed by atoms with Crippen LogP contribution in [0.3, 0.4) is 0 Å². The molecule has 4 amide bonds. The van der Waals surface area contributed by atoms with Crippen molar-refractivity contribution >= 4 is 23.6 Å². The third-order valence-corrected chi connectivity index (χ3v) is 11.6. The second kappa shape index (κ2) is 17.0. The number of nitrogens with zero attached hydrogens (tertiary/aromatic N) is 4. The van der Waals surface area contributed by atoms with Gasteiger partial charge in [0.2, 0.25) is 10.9 Å². The first kappa shape index (κ1) is 47.5. The van der Waals surface area contributed by atoms with E-state index in [1.807, 2.05) is 6.92 Å². The highest BCUT2D eigenvalue weighted by molar-refractivity contribution is 6.01. The van der Waals surface area contributed by atoms with E-state index in [1.165, 1.54) is 39.2 Å². The van der Waals surface area contributed by atoms with E-state index in [2.05, 4.69) is 10.6 Å². The van der Waals surface area contributed by atoms with E-state index in [0.29, 0.717) is 12.1 Å². The molecule has 4 atom stereocenters. The number of carbonyl (C=O) groups excluding carboxylic acids is 4. The molecule has 4 aliphatic rings. The van der Waals surface area contributed by atoms with E-state index in [9.17, 15) is 61.6 Å². The average Bonchev–Trinajstić information content (AvgIpc) is 3.59. The van der Waals surface area contributed by atoms with Crippen LogP contribution in [0.2, 0.25) is 0 Å². The average molecular weight is 885 g/mol. The maximum Gasteiger partial charge on any atom is 0.274 e. The molecule has 4 unspecified atom stereocenters. The van der Waals surface area contributed by atoms with Gasteiger partial charge >= 0.3 is 0 Å². The number of methoxy groups -OCH3 is 1.